The molecule has 1 amide bonds. The number of rotatable bonds is 5. The maximum atomic E-state index is 12.4. The van der Waals surface area contributed by atoms with Crippen molar-refractivity contribution in [2.75, 3.05) is 26.3 Å². The van der Waals surface area contributed by atoms with Crippen LogP contribution < -0.4 is 4.74 Å². The van der Waals surface area contributed by atoms with Crippen LogP contribution >= 0.6 is 0 Å². The number of carboxylic acid groups (broad SMARTS) is 1. The van der Waals surface area contributed by atoms with Gasteiger partial charge in [-0.25, -0.2) is 0 Å². The molecule has 0 radical (unpaired) electrons. The summed E-state index contributed by atoms with van der Waals surface area (Å²) in [5.41, 5.74) is 2.33. The molecule has 2 saturated heterocycles. The van der Waals surface area contributed by atoms with E-state index in [2.05, 4.69) is 0 Å². The largest absolute Gasteiger partial charge is 0.484 e. The van der Waals surface area contributed by atoms with Crippen molar-refractivity contribution in [3.63, 3.8) is 0 Å². The van der Waals surface area contributed by atoms with Gasteiger partial charge in [-0.1, -0.05) is 6.07 Å². The molecule has 1 unspecified atom stereocenters. The maximum absolute atomic E-state index is 12.4. The molecular formula is C20H27NO5. The van der Waals surface area contributed by atoms with Gasteiger partial charge >= 0.3 is 5.97 Å². The number of carbonyl (C=O) groups is 2. The molecule has 1 aromatic carbocycles. The average Bonchev–Trinajstić information content (AvgIpc) is 3.12. The first-order valence-electron chi connectivity index (χ1n) is 9.28. The van der Waals surface area contributed by atoms with Crippen molar-refractivity contribution in [1.82, 2.24) is 4.90 Å². The number of hydrogen-bond acceptors (Lipinski definition) is 4. The van der Waals surface area contributed by atoms with Crippen LogP contribution in [0.15, 0.2) is 18.2 Å². The monoisotopic (exact) mass is 361 g/mol. The van der Waals surface area contributed by atoms with Crippen molar-refractivity contribution in [1.29, 1.82) is 0 Å². The fourth-order valence-corrected chi connectivity index (χ4v) is 3.86. The number of ether oxygens (including phenoxy) is 2. The molecule has 2 fully saturated rings. The zero-order valence-corrected chi connectivity index (χ0v) is 15.4. The van der Waals surface area contributed by atoms with Crippen molar-refractivity contribution in [3.8, 4) is 5.75 Å². The van der Waals surface area contributed by atoms with Gasteiger partial charge in [-0.3, -0.25) is 9.59 Å². The van der Waals surface area contributed by atoms with Gasteiger partial charge in [-0.15, -0.1) is 0 Å². The highest BCUT2D eigenvalue weighted by Gasteiger charge is 2.40. The van der Waals surface area contributed by atoms with Gasteiger partial charge in [0.15, 0.2) is 6.61 Å². The van der Waals surface area contributed by atoms with Crippen LogP contribution in [0.3, 0.4) is 0 Å². The molecule has 26 heavy (non-hydrogen) atoms. The Hall–Kier alpha value is -2.08. The molecule has 0 bridgehead atoms. The fraction of sp³-hybridized carbons (Fsp3) is 0.600. The second-order valence-electron chi connectivity index (χ2n) is 7.32. The fourth-order valence-electron chi connectivity index (χ4n) is 3.86. The highest BCUT2D eigenvalue weighted by molar-refractivity contribution is 5.78. The summed E-state index contributed by atoms with van der Waals surface area (Å²) in [6.07, 6.45) is 1.94. The molecule has 2 heterocycles. The number of piperidine rings is 1. The second kappa shape index (κ2) is 8.08. The van der Waals surface area contributed by atoms with E-state index in [0.29, 0.717) is 31.9 Å². The predicted molar refractivity (Wildman–Crippen MR) is 96.2 cm³/mol. The van der Waals surface area contributed by atoms with Gasteiger partial charge in [-0.05, 0) is 62.3 Å². The number of likely N-dealkylation sites (tertiary alicyclic amines) is 1. The highest BCUT2D eigenvalue weighted by atomic mass is 16.5. The van der Waals surface area contributed by atoms with Crippen LogP contribution in [0.2, 0.25) is 0 Å². The van der Waals surface area contributed by atoms with Crippen LogP contribution in [-0.2, 0) is 14.3 Å². The zero-order chi connectivity index (χ0) is 18.7. The lowest BCUT2D eigenvalue weighted by Crippen LogP contribution is -2.44. The molecule has 1 aromatic rings. The molecule has 6 heteroatoms. The normalized spacial score (nSPS) is 23.8. The van der Waals surface area contributed by atoms with Crippen LogP contribution in [-0.4, -0.2) is 54.3 Å². The molecule has 0 spiro atoms. The zero-order valence-electron chi connectivity index (χ0n) is 15.4. The van der Waals surface area contributed by atoms with Gasteiger partial charge < -0.3 is 19.5 Å². The third-order valence-electron chi connectivity index (χ3n) is 5.65. The summed E-state index contributed by atoms with van der Waals surface area (Å²) in [5.74, 6) is -0.282. The minimum atomic E-state index is -0.771. The smallest absolute Gasteiger partial charge is 0.309 e. The molecule has 6 nitrogen and oxygen atoms in total. The molecule has 142 valence electrons. The summed E-state index contributed by atoms with van der Waals surface area (Å²) >= 11 is 0. The number of aryl methyl sites for hydroxylation is 2. The topological polar surface area (TPSA) is 76.1 Å². The minimum Gasteiger partial charge on any atom is -0.484 e. The van der Waals surface area contributed by atoms with Gasteiger partial charge in [0.2, 0.25) is 0 Å². The van der Waals surface area contributed by atoms with E-state index in [1.807, 2.05) is 36.9 Å². The summed E-state index contributed by atoms with van der Waals surface area (Å²) in [5, 5.41) is 9.31. The Morgan fingerprint density at radius 2 is 1.92 bits per heavy atom. The summed E-state index contributed by atoms with van der Waals surface area (Å²) < 4.78 is 11.3. The predicted octanol–water partition coefficient (Wildman–Crippen LogP) is 2.41. The van der Waals surface area contributed by atoms with Gasteiger partial charge in [0, 0.05) is 19.7 Å². The van der Waals surface area contributed by atoms with Gasteiger partial charge in [0.25, 0.3) is 5.91 Å². The van der Waals surface area contributed by atoms with Crippen LogP contribution in [0.1, 0.15) is 30.4 Å². The lowest BCUT2D eigenvalue weighted by atomic mass is 9.84. The van der Waals surface area contributed by atoms with Gasteiger partial charge in [0.1, 0.15) is 5.75 Å². The van der Waals surface area contributed by atoms with E-state index in [1.165, 1.54) is 5.56 Å². The molecule has 2 aliphatic rings. The Labute approximate surface area is 154 Å². The van der Waals surface area contributed by atoms with Gasteiger partial charge in [-0.2, -0.15) is 0 Å². The summed E-state index contributed by atoms with van der Waals surface area (Å²) in [6.45, 7) is 5.87. The molecule has 0 aliphatic carbocycles. The number of nitrogens with zero attached hydrogens (tertiary/aromatic N) is 1. The first-order chi connectivity index (χ1) is 12.5. The third-order valence-corrected chi connectivity index (χ3v) is 5.65. The third kappa shape index (κ3) is 4.18. The molecule has 2 aliphatic heterocycles. The molecular weight excluding hydrogens is 334 g/mol. The van der Waals surface area contributed by atoms with E-state index in [1.54, 1.807) is 0 Å². The molecule has 0 aromatic heterocycles. The SMILES string of the molecule is Cc1ccc(OCC(=O)N2CCC([C@@H]3OCCC3C(=O)O)CC2)cc1C. The number of benzene rings is 1. The van der Waals surface area contributed by atoms with Crippen LogP contribution in [0, 0.1) is 25.7 Å². The molecule has 2 atom stereocenters. The van der Waals surface area contributed by atoms with Crippen molar-refractivity contribution in [2.24, 2.45) is 11.8 Å². The van der Waals surface area contributed by atoms with Crippen molar-refractivity contribution in [2.45, 2.75) is 39.2 Å². The van der Waals surface area contributed by atoms with Crippen molar-refractivity contribution in [3.05, 3.63) is 29.3 Å². The second-order valence-corrected chi connectivity index (χ2v) is 7.32. The Balaban J connectivity index is 1.47. The first-order valence-corrected chi connectivity index (χ1v) is 9.28. The summed E-state index contributed by atoms with van der Waals surface area (Å²) in [6, 6.07) is 5.81. The molecule has 3 rings (SSSR count). The lowest BCUT2D eigenvalue weighted by Gasteiger charge is -2.35. The Bertz CT molecular complexity index is 666. The number of hydrogen-bond donors (Lipinski definition) is 1. The summed E-state index contributed by atoms with van der Waals surface area (Å²) in [4.78, 5) is 25.5. The van der Waals surface area contributed by atoms with E-state index in [4.69, 9.17) is 9.47 Å². The quantitative estimate of drug-likeness (QED) is 0.872. The Morgan fingerprint density at radius 1 is 1.19 bits per heavy atom. The van der Waals surface area contributed by atoms with E-state index in [0.717, 1.165) is 18.4 Å². The van der Waals surface area contributed by atoms with E-state index >= 15 is 0 Å². The van der Waals surface area contributed by atoms with Crippen molar-refractivity contribution < 1.29 is 24.2 Å². The standard InChI is InChI=1S/C20H27NO5/c1-13-3-4-16(11-14(13)2)26-12-18(22)21-8-5-15(6-9-21)19-17(20(23)24)7-10-25-19/h3-4,11,15,17,19H,5-10,12H2,1-2H3,(H,23,24)/t17?,19-/m0/s1. The first kappa shape index (κ1) is 18.7. The number of carbonyl (C=O) groups excluding carboxylic acids is 1. The maximum Gasteiger partial charge on any atom is 0.309 e. The Kier molecular flexibility index (Phi) is 5.81. The number of amides is 1. The van der Waals surface area contributed by atoms with E-state index < -0.39 is 11.9 Å². The summed E-state index contributed by atoms with van der Waals surface area (Å²) in [7, 11) is 0. The minimum absolute atomic E-state index is 0.0243. The molecule has 1 N–H and O–H groups in total. The molecule has 0 saturated carbocycles. The van der Waals surface area contributed by atoms with Crippen LogP contribution in [0.25, 0.3) is 0 Å². The average molecular weight is 361 g/mol. The number of aliphatic carboxylic acids is 1. The van der Waals surface area contributed by atoms with E-state index in [-0.39, 0.29) is 24.5 Å². The highest BCUT2D eigenvalue weighted by Crippen LogP contribution is 2.33. The van der Waals surface area contributed by atoms with Crippen LogP contribution in [0.5, 0.6) is 5.75 Å². The number of carboxylic acids is 1. The van der Waals surface area contributed by atoms with E-state index in [9.17, 15) is 14.7 Å². The van der Waals surface area contributed by atoms with Gasteiger partial charge in [0.05, 0.1) is 12.0 Å². The van der Waals surface area contributed by atoms with Crippen LogP contribution in [0.4, 0.5) is 0 Å². The Morgan fingerprint density at radius 3 is 2.58 bits per heavy atom. The lowest BCUT2D eigenvalue weighted by molar-refractivity contribution is -0.146. The van der Waals surface area contributed by atoms with Crippen molar-refractivity contribution >= 4 is 11.9 Å².